The maximum atomic E-state index is 12.8. The zero-order chi connectivity index (χ0) is 15.0. The number of aryl methyl sites for hydroxylation is 3. The number of hydrogen-bond acceptors (Lipinski definition) is 4. The van der Waals surface area contributed by atoms with Gasteiger partial charge in [-0.3, -0.25) is 9.48 Å². The van der Waals surface area contributed by atoms with Crippen LogP contribution in [0.2, 0.25) is 0 Å². The number of aromatic nitrogens is 3. The van der Waals surface area contributed by atoms with Crippen LogP contribution in [0.1, 0.15) is 52.2 Å². The van der Waals surface area contributed by atoms with Gasteiger partial charge in [-0.25, -0.2) is 4.98 Å². The van der Waals surface area contributed by atoms with Crippen LogP contribution in [0.15, 0.2) is 11.4 Å². The molecule has 6 heteroatoms. The van der Waals surface area contributed by atoms with E-state index in [2.05, 4.69) is 15.5 Å². The standard InChI is InChI=1S/C15H20N4OS/c1-10-9-21-14(16-10)13-6-4-5-7-19(13)15(20)12-8-11(2)18(3)17-12/h8-9,13H,4-7H2,1-3H3/t13-/m0/s1. The summed E-state index contributed by atoms with van der Waals surface area (Å²) in [5.41, 5.74) is 2.56. The summed E-state index contributed by atoms with van der Waals surface area (Å²) in [4.78, 5) is 19.3. The third-order valence-corrected chi connectivity index (χ3v) is 5.08. The van der Waals surface area contributed by atoms with Crippen LogP contribution >= 0.6 is 11.3 Å². The molecule has 3 heterocycles. The van der Waals surface area contributed by atoms with Gasteiger partial charge in [-0.2, -0.15) is 5.10 Å². The molecule has 1 atom stereocenters. The Hall–Kier alpha value is -1.69. The summed E-state index contributed by atoms with van der Waals surface area (Å²) in [5.74, 6) is 0.0243. The van der Waals surface area contributed by atoms with Gasteiger partial charge in [-0.1, -0.05) is 0 Å². The summed E-state index contributed by atoms with van der Waals surface area (Å²) in [7, 11) is 1.87. The summed E-state index contributed by atoms with van der Waals surface area (Å²) in [6.45, 7) is 4.75. The second-order valence-corrected chi connectivity index (χ2v) is 6.52. The lowest BCUT2D eigenvalue weighted by atomic mass is 10.0. The van der Waals surface area contributed by atoms with Crippen LogP contribution in [0.5, 0.6) is 0 Å². The van der Waals surface area contributed by atoms with E-state index in [0.717, 1.165) is 42.2 Å². The van der Waals surface area contributed by atoms with Crippen molar-refractivity contribution in [1.82, 2.24) is 19.7 Å². The molecule has 2 aromatic heterocycles. The topological polar surface area (TPSA) is 51.0 Å². The maximum Gasteiger partial charge on any atom is 0.274 e. The molecule has 1 aliphatic heterocycles. The number of hydrogen-bond donors (Lipinski definition) is 0. The van der Waals surface area contributed by atoms with E-state index in [1.165, 1.54) is 0 Å². The predicted molar refractivity (Wildman–Crippen MR) is 82.4 cm³/mol. The fourth-order valence-electron chi connectivity index (χ4n) is 2.77. The van der Waals surface area contributed by atoms with Gasteiger partial charge in [0.05, 0.1) is 6.04 Å². The first kappa shape index (κ1) is 14.3. The number of carbonyl (C=O) groups excluding carboxylic acids is 1. The third kappa shape index (κ3) is 2.72. The molecule has 0 unspecified atom stereocenters. The maximum absolute atomic E-state index is 12.8. The number of piperidine rings is 1. The molecule has 0 radical (unpaired) electrons. The second-order valence-electron chi connectivity index (χ2n) is 5.63. The Kier molecular flexibility index (Phi) is 3.80. The highest BCUT2D eigenvalue weighted by molar-refractivity contribution is 7.09. The van der Waals surface area contributed by atoms with E-state index >= 15 is 0 Å². The molecule has 1 fully saturated rings. The molecule has 0 bridgehead atoms. The number of nitrogens with zero attached hydrogens (tertiary/aromatic N) is 4. The van der Waals surface area contributed by atoms with Crippen LogP contribution in [0.3, 0.4) is 0 Å². The minimum atomic E-state index is 0.0243. The lowest BCUT2D eigenvalue weighted by Crippen LogP contribution is -2.38. The second kappa shape index (κ2) is 5.60. The summed E-state index contributed by atoms with van der Waals surface area (Å²) in [6.07, 6.45) is 3.19. The monoisotopic (exact) mass is 304 g/mol. The van der Waals surface area contributed by atoms with Gasteiger partial charge in [0.1, 0.15) is 5.01 Å². The van der Waals surface area contributed by atoms with Crippen molar-refractivity contribution in [2.45, 2.75) is 39.2 Å². The van der Waals surface area contributed by atoms with Crippen LogP contribution in [0, 0.1) is 13.8 Å². The Balaban J connectivity index is 1.88. The molecule has 1 aliphatic rings. The molecule has 2 aromatic rings. The fourth-order valence-corrected chi connectivity index (χ4v) is 3.71. The third-order valence-electron chi connectivity index (χ3n) is 4.02. The highest BCUT2D eigenvalue weighted by Crippen LogP contribution is 2.33. The number of amides is 1. The Morgan fingerprint density at radius 2 is 2.19 bits per heavy atom. The molecule has 3 rings (SSSR count). The largest absolute Gasteiger partial charge is 0.328 e. The molecule has 112 valence electrons. The Bertz CT molecular complexity index is 641. The van der Waals surface area contributed by atoms with Gasteiger partial charge in [-0.15, -0.1) is 11.3 Å². The Morgan fingerprint density at radius 1 is 1.38 bits per heavy atom. The van der Waals surface area contributed by atoms with Crippen molar-refractivity contribution in [3.63, 3.8) is 0 Å². The molecular formula is C15H20N4OS. The van der Waals surface area contributed by atoms with Gasteiger partial charge in [0.15, 0.2) is 5.69 Å². The number of rotatable bonds is 2. The average molecular weight is 304 g/mol. The zero-order valence-corrected chi connectivity index (χ0v) is 13.5. The smallest absolute Gasteiger partial charge is 0.274 e. The normalized spacial score (nSPS) is 19.0. The zero-order valence-electron chi connectivity index (χ0n) is 12.7. The predicted octanol–water partition coefficient (Wildman–Crippen LogP) is 2.86. The van der Waals surface area contributed by atoms with Gasteiger partial charge < -0.3 is 4.90 Å². The lowest BCUT2D eigenvalue weighted by molar-refractivity contribution is 0.0604. The minimum Gasteiger partial charge on any atom is -0.328 e. The van der Waals surface area contributed by atoms with Gasteiger partial charge in [0, 0.05) is 30.4 Å². The van der Waals surface area contributed by atoms with E-state index in [0.29, 0.717) is 5.69 Å². The van der Waals surface area contributed by atoms with E-state index in [4.69, 9.17) is 0 Å². The Morgan fingerprint density at radius 3 is 2.81 bits per heavy atom. The van der Waals surface area contributed by atoms with Gasteiger partial charge in [-0.05, 0) is 39.2 Å². The number of likely N-dealkylation sites (tertiary alicyclic amines) is 1. The van der Waals surface area contributed by atoms with Crippen LogP contribution in [0.4, 0.5) is 0 Å². The molecule has 0 aliphatic carbocycles. The highest BCUT2D eigenvalue weighted by atomic mass is 32.1. The molecule has 0 saturated carbocycles. The van der Waals surface area contributed by atoms with E-state index in [9.17, 15) is 4.79 Å². The first-order valence-corrected chi connectivity index (χ1v) is 8.18. The summed E-state index contributed by atoms with van der Waals surface area (Å²) in [5, 5.41) is 7.43. The lowest BCUT2D eigenvalue weighted by Gasteiger charge is -2.34. The van der Waals surface area contributed by atoms with Crippen LogP contribution in [-0.4, -0.2) is 32.1 Å². The summed E-state index contributed by atoms with van der Waals surface area (Å²) >= 11 is 1.65. The SMILES string of the molecule is Cc1csc([C@@H]2CCCCN2C(=O)c2cc(C)n(C)n2)n1. The molecule has 21 heavy (non-hydrogen) atoms. The van der Waals surface area contributed by atoms with E-state index in [1.54, 1.807) is 16.0 Å². The molecule has 0 N–H and O–H groups in total. The van der Waals surface area contributed by atoms with Crippen molar-refractivity contribution in [3.8, 4) is 0 Å². The van der Waals surface area contributed by atoms with Crippen molar-refractivity contribution in [3.05, 3.63) is 33.5 Å². The van der Waals surface area contributed by atoms with E-state index < -0.39 is 0 Å². The van der Waals surface area contributed by atoms with Gasteiger partial charge in [0.2, 0.25) is 0 Å². The molecule has 0 aromatic carbocycles. The van der Waals surface area contributed by atoms with E-state index in [-0.39, 0.29) is 11.9 Å². The van der Waals surface area contributed by atoms with Crippen molar-refractivity contribution < 1.29 is 4.79 Å². The molecule has 1 saturated heterocycles. The van der Waals surface area contributed by atoms with E-state index in [1.807, 2.05) is 31.9 Å². The van der Waals surface area contributed by atoms with Gasteiger partial charge >= 0.3 is 0 Å². The summed E-state index contributed by atoms with van der Waals surface area (Å²) in [6, 6.07) is 1.97. The molecule has 5 nitrogen and oxygen atoms in total. The number of thiazole rings is 1. The van der Waals surface area contributed by atoms with Crippen molar-refractivity contribution in [2.24, 2.45) is 7.05 Å². The first-order valence-electron chi connectivity index (χ1n) is 7.30. The highest BCUT2D eigenvalue weighted by Gasteiger charge is 2.31. The molecule has 0 spiro atoms. The summed E-state index contributed by atoms with van der Waals surface area (Å²) < 4.78 is 1.75. The van der Waals surface area contributed by atoms with Crippen LogP contribution < -0.4 is 0 Å². The quantitative estimate of drug-likeness (QED) is 0.857. The van der Waals surface area contributed by atoms with Crippen molar-refractivity contribution in [1.29, 1.82) is 0 Å². The molecule has 1 amide bonds. The fraction of sp³-hybridized carbons (Fsp3) is 0.533. The van der Waals surface area contributed by atoms with Crippen LogP contribution in [0.25, 0.3) is 0 Å². The Labute approximate surface area is 128 Å². The van der Waals surface area contributed by atoms with Crippen molar-refractivity contribution in [2.75, 3.05) is 6.54 Å². The van der Waals surface area contributed by atoms with Crippen molar-refractivity contribution >= 4 is 17.2 Å². The molecular weight excluding hydrogens is 284 g/mol. The average Bonchev–Trinajstić information content (AvgIpc) is 3.05. The van der Waals surface area contributed by atoms with Gasteiger partial charge in [0.25, 0.3) is 5.91 Å². The van der Waals surface area contributed by atoms with Crippen LogP contribution in [-0.2, 0) is 7.05 Å². The first-order chi connectivity index (χ1) is 10.1. The number of carbonyl (C=O) groups is 1. The minimum absolute atomic E-state index is 0.0243.